The first kappa shape index (κ1) is 29.5. The molecule has 4 aromatic rings. The zero-order chi connectivity index (χ0) is 27.9. The van der Waals surface area contributed by atoms with Crippen molar-refractivity contribution in [1.82, 2.24) is 4.98 Å². The molecule has 0 spiro atoms. The molecule has 4 rings (SSSR count). The molecule has 0 aliphatic rings. The molecule has 0 aliphatic heterocycles. The highest BCUT2D eigenvalue weighted by molar-refractivity contribution is 9.08. The summed E-state index contributed by atoms with van der Waals surface area (Å²) in [5, 5.41) is 3.52. The molecule has 0 amide bonds. The third-order valence-electron chi connectivity index (χ3n) is 7.36. The summed E-state index contributed by atoms with van der Waals surface area (Å²) in [6, 6.07) is 26.4. The molecule has 0 bridgehead atoms. The minimum atomic E-state index is -3.03. The van der Waals surface area contributed by atoms with Gasteiger partial charge in [-0.2, -0.15) is 0 Å². The van der Waals surface area contributed by atoms with Crippen LogP contribution < -0.4 is 19.8 Å². The molecule has 0 fully saturated rings. The number of nitrogens with zero attached hydrogens (tertiary/aromatic N) is 1. The Morgan fingerprint density at radius 2 is 1.59 bits per heavy atom. The second-order valence-electron chi connectivity index (χ2n) is 10.4. The average molecular weight is 625 g/mol. The van der Waals surface area contributed by atoms with Gasteiger partial charge < -0.3 is 14.3 Å². The second kappa shape index (κ2) is 13.3. The Kier molecular flexibility index (Phi) is 10.0. The van der Waals surface area contributed by atoms with Gasteiger partial charge in [0.05, 0.1) is 19.4 Å². The van der Waals surface area contributed by atoms with Crippen molar-refractivity contribution in [2.24, 2.45) is 0 Å². The van der Waals surface area contributed by atoms with Crippen LogP contribution >= 0.6 is 27.3 Å². The van der Waals surface area contributed by atoms with Gasteiger partial charge in [0.1, 0.15) is 5.01 Å². The highest BCUT2D eigenvalue weighted by Gasteiger charge is 2.49. The second-order valence-corrected chi connectivity index (χ2v) is 16.0. The van der Waals surface area contributed by atoms with E-state index in [1.165, 1.54) is 4.88 Å². The zero-order valence-electron chi connectivity index (χ0n) is 23.2. The molecular formula is C32H38BrNO3SSi. The number of thiazole rings is 1. The van der Waals surface area contributed by atoms with Gasteiger partial charge in [0.2, 0.25) is 0 Å². The van der Waals surface area contributed by atoms with Crippen molar-refractivity contribution in [3.8, 4) is 22.1 Å². The predicted molar refractivity (Wildman–Crippen MR) is 170 cm³/mol. The summed E-state index contributed by atoms with van der Waals surface area (Å²) in [6.45, 7) is 7.11. The first-order chi connectivity index (χ1) is 18.8. The number of methoxy groups -OCH3 is 1. The van der Waals surface area contributed by atoms with Crippen LogP contribution in [0.1, 0.15) is 50.6 Å². The molecule has 7 heteroatoms. The summed E-state index contributed by atoms with van der Waals surface area (Å²) in [6.07, 6.45) is 3.76. The Morgan fingerprint density at radius 1 is 0.949 bits per heavy atom. The molecule has 1 aromatic heterocycles. The summed E-state index contributed by atoms with van der Waals surface area (Å²) in [4.78, 5) is 18.6. The molecule has 1 N–H and O–H groups in total. The maximum Gasteiger partial charge on any atom is 0.258 e. The summed E-state index contributed by atoms with van der Waals surface area (Å²) in [5.41, 5.74) is 2.15. The average Bonchev–Trinajstić information content (AvgIpc) is 3.38. The van der Waals surface area contributed by atoms with Gasteiger partial charge in [-0.25, -0.2) is 4.98 Å². The van der Waals surface area contributed by atoms with Gasteiger partial charge in [-0.3, -0.25) is 0 Å². The molecule has 3 aromatic carbocycles. The number of halogens is 1. The normalized spacial score (nSPS) is 11.9. The number of hydrogen-bond acceptors (Lipinski definition) is 5. The van der Waals surface area contributed by atoms with E-state index in [9.17, 15) is 4.80 Å². The number of benzene rings is 3. The predicted octanol–water partition coefficient (Wildman–Crippen LogP) is 7.36. The highest BCUT2D eigenvalue weighted by Crippen LogP contribution is 2.40. The third kappa shape index (κ3) is 6.48. The number of alkyl halides is 1. The molecule has 206 valence electrons. The summed E-state index contributed by atoms with van der Waals surface area (Å²) < 4.78 is 11.9. The maximum absolute atomic E-state index is 12.4. The third-order valence-corrected chi connectivity index (χ3v) is 13.6. The topological polar surface area (TPSA) is 51.6 Å². The summed E-state index contributed by atoms with van der Waals surface area (Å²) >= 11 is 5.34. The minimum absolute atomic E-state index is 0.312. The van der Waals surface area contributed by atoms with E-state index in [1.807, 2.05) is 54.6 Å². The van der Waals surface area contributed by atoms with Crippen molar-refractivity contribution in [2.75, 3.05) is 13.7 Å². The molecule has 0 radical (unpaired) electrons. The van der Waals surface area contributed by atoms with Crippen LogP contribution in [-0.4, -0.2) is 31.8 Å². The minimum Gasteiger partial charge on any atom is -0.493 e. The van der Waals surface area contributed by atoms with Crippen molar-refractivity contribution in [3.05, 3.63) is 89.4 Å². The largest absolute Gasteiger partial charge is 0.493 e. The van der Waals surface area contributed by atoms with Gasteiger partial charge >= 0.3 is 0 Å². The zero-order valence-corrected chi connectivity index (χ0v) is 26.6. The van der Waals surface area contributed by atoms with E-state index in [0.717, 1.165) is 63.4 Å². The fourth-order valence-corrected chi connectivity index (χ4v) is 10.7. The molecule has 1 heterocycles. The quantitative estimate of drug-likeness (QED) is 0.0960. The Balaban J connectivity index is 1.50. The summed E-state index contributed by atoms with van der Waals surface area (Å²) in [5.74, 6) is 1.43. The first-order valence-electron chi connectivity index (χ1n) is 13.5. The van der Waals surface area contributed by atoms with E-state index in [4.69, 9.17) is 14.5 Å². The fourth-order valence-electron chi connectivity index (χ4n) is 5.14. The van der Waals surface area contributed by atoms with Crippen LogP contribution in [0.2, 0.25) is 5.04 Å². The smallest absolute Gasteiger partial charge is 0.258 e. The molecule has 0 saturated heterocycles. The van der Waals surface area contributed by atoms with Crippen molar-refractivity contribution >= 4 is 46.0 Å². The van der Waals surface area contributed by atoms with Gasteiger partial charge in [0.25, 0.3) is 8.32 Å². The molecular weight excluding hydrogens is 586 g/mol. The SMILES string of the molecule is CCCc1sc(-c2ccc(OC)c(OCCCC(C)(C)[Si](O)(c3ccccc3)c3ccccc3)c2)nc1CBr. The molecule has 0 unspecified atom stereocenters. The Labute approximate surface area is 246 Å². The number of ether oxygens (including phenoxy) is 2. The Hall–Kier alpha value is -2.45. The van der Waals surface area contributed by atoms with Crippen molar-refractivity contribution < 1.29 is 14.3 Å². The lowest BCUT2D eigenvalue weighted by Crippen LogP contribution is -2.65. The Bertz CT molecular complexity index is 1300. The number of rotatable bonds is 13. The Morgan fingerprint density at radius 3 is 2.15 bits per heavy atom. The molecule has 0 aliphatic carbocycles. The van der Waals surface area contributed by atoms with Crippen molar-refractivity contribution in [3.63, 3.8) is 0 Å². The van der Waals surface area contributed by atoms with Crippen LogP contribution in [0.15, 0.2) is 78.9 Å². The van der Waals surface area contributed by atoms with Gasteiger partial charge in [0.15, 0.2) is 11.5 Å². The molecule has 0 saturated carbocycles. The van der Waals surface area contributed by atoms with E-state index in [0.29, 0.717) is 12.4 Å². The number of aryl methyl sites for hydroxylation is 1. The maximum atomic E-state index is 12.4. The fraction of sp³-hybridized carbons (Fsp3) is 0.344. The van der Waals surface area contributed by atoms with E-state index in [1.54, 1.807) is 18.4 Å². The van der Waals surface area contributed by atoms with E-state index in [-0.39, 0.29) is 5.04 Å². The van der Waals surface area contributed by atoms with Crippen LogP contribution in [0.4, 0.5) is 0 Å². The van der Waals surface area contributed by atoms with Gasteiger partial charge in [-0.1, -0.05) is 104 Å². The monoisotopic (exact) mass is 623 g/mol. The number of aromatic nitrogens is 1. The van der Waals surface area contributed by atoms with Crippen LogP contribution in [0, 0.1) is 0 Å². The van der Waals surface area contributed by atoms with Crippen LogP contribution in [0.5, 0.6) is 11.5 Å². The van der Waals surface area contributed by atoms with E-state index < -0.39 is 8.32 Å². The van der Waals surface area contributed by atoms with Crippen LogP contribution in [0.25, 0.3) is 10.6 Å². The first-order valence-corrected chi connectivity index (χ1v) is 17.4. The number of hydrogen-bond donors (Lipinski definition) is 1. The van der Waals surface area contributed by atoms with E-state index in [2.05, 4.69) is 61.0 Å². The van der Waals surface area contributed by atoms with Crippen molar-refractivity contribution in [2.45, 2.75) is 56.8 Å². The molecule has 0 atom stereocenters. The van der Waals surface area contributed by atoms with Gasteiger partial charge in [-0.05, 0) is 52.9 Å². The molecule has 4 nitrogen and oxygen atoms in total. The molecule has 39 heavy (non-hydrogen) atoms. The van der Waals surface area contributed by atoms with Gasteiger partial charge in [0, 0.05) is 15.8 Å². The lowest BCUT2D eigenvalue weighted by atomic mass is 10.1. The van der Waals surface area contributed by atoms with Gasteiger partial charge in [-0.15, -0.1) is 11.3 Å². The van der Waals surface area contributed by atoms with Crippen molar-refractivity contribution in [1.29, 1.82) is 0 Å². The lowest BCUT2D eigenvalue weighted by molar-refractivity contribution is 0.278. The highest BCUT2D eigenvalue weighted by atomic mass is 79.9. The van der Waals surface area contributed by atoms with Crippen LogP contribution in [0.3, 0.4) is 0 Å². The van der Waals surface area contributed by atoms with E-state index >= 15 is 0 Å². The lowest BCUT2D eigenvalue weighted by Gasteiger charge is -2.41. The standard InChI is InChI=1S/C32H38BrNO3SSi/c1-5-13-30-27(23-33)34-31(38-30)24-18-19-28(36-4)29(22-24)37-21-12-20-32(2,3)39(35,25-14-8-6-9-15-25)26-16-10-7-11-17-26/h6-11,14-19,22,35H,5,12-13,20-21,23H2,1-4H3. The van der Waals surface area contributed by atoms with Crippen LogP contribution in [-0.2, 0) is 11.8 Å². The summed E-state index contributed by atoms with van der Waals surface area (Å²) in [7, 11) is -1.37.